The quantitative estimate of drug-likeness (QED) is 0.0968. The van der Waals surface area contributed by atoms with Crippen molar-refractivity contribution in [3.05, 3.63) is 93.0 Å². The fourth-order valence-corrected chi connectivity index (χ4v) is 8.24. The van der Waals surface area contributed by atoms with Gasteiger partial charge in [0.15, 0.2) is 11.5 Å². The molecule has 0 radical (unpaired) electrons. The van der Waals surface area contributed by atoms with Crippen LogP contribution in [0.15, 0.2) is 42.5 Å². The van der Waals surface area contributed by atoms with Crippen LogP contribution in [-0.4, -0.2) is 75.0 Å². The largest absolute Gasteiger partial charge is 0.449 e. The Labute approximate surface area is 379 Å². The minimum Gasteiger partial charge on any atom is -0.449 e. The molecule has 0 saturated carbocycles. The number of anilines is 1. The molecule has 2 amide bonds. The van der Waals surface area contributed by atoms with Gasteiger partial charge in [0.05, 0.1) is 34.3 Å². The summed E-state index contributed by atoms with van der Waals surface area (Å²) in [4.78, 5) is 31.7. The summed E-state index contributed by atoms with van der Waals surface area (Å²) in [6, 6.07) is 5.55. The second kappa shape index (κ2) is 18.6. The number of hydrogen-bond acceptors (Lipinski definition) is 8. The number of halogens is 11. The Balaban J connectivity index is 1.63. The van der Waals surface area contributed by atoms with Gasteiger partial charge in [-0.25, -0.2) is 22.8 Å². The van der Waals surface area contributed by atoms with Crippen LogP contribution in [0.3, 0.4) is 0 Å². The van der Waals surface area contributed by atoms with Crippen molar-refractivity contribution < 1.29 is 66.6 Å². The van der Waals surface area contributed by atoms with Gasteiger partial charge in [0, 0.05) is 52.5 Å². The average Bonchev–Trinajstić information content (AvgIpc) is 3.84. The van der Waals surface area contributed by atoms with Gasteiger partial charge >= 0.3 is 18.4 Å². The predicted molar refractivity (Wildman–Crippen MR) is 223 cm³/mol. The lowest BCUT2D eigenvalue weighted by Gasteiger charge is -2.23. The minimum atomic E-state index is -5.18. The van der Waals surface area contributed by atoms with Crippen LogP contribution in [0.2, 0.25) is 5.02 Å². The maximum absolute atomic E-state index is 15.1. The van der Waals surface area contributed by atoms with Gasteiger partial charge in [-0.1, -0.05) is 23.6 Å². The summed E-state index contributed by atoms with van der Waals surface area (Å²) in [5.41, 5.74) is -5.03. The van der Waals surface area contributed by atoms with E-state index in [2.05, 4.69) is 32.3 Å². The first-order chi connectivity index (χ1) is 30.6. The second-order valence-electron chi connectivity index (χ2n) is 15.3. The molecule has 1 aliphatic carbocycles. The van der Waals surface area contributed by atoms with E-state index >= 15 is 8.78 Å². The van der Waals surface area contributed by atoms with Crippen molar-refractivity contribution in [2.45, 2.75) is 82.2 Å². The van der Waals surface area contributed by atoms with E-state index in [-0.39, 0.29) is 49.8 Å². The fourth-order valence-electron chi connectivity index (χ4n) is 7.17. The molecule has 2 aromatic carbocycles. The highest BCUT2D eigenvalue weighted by atomic mass is 35.5. The van der Waals surface area contributed by atoms with E-state index in [1.807, 2.05) is 0 Å². The van der Waals surface area contributed by atoms with Crippen molar-refractivity contribution in [2.24, 2.45) is 0 Å². The van der Waals surface area contributed by atoms with Crippen LogP contribution >= 0.6 is 11.6 Å². The molecule has 0 spiro atoms. The van der Waals surface area contributed by atoms with Gasteiger partial charge in [-0.2, -0.15) is 49.6 Å². The first kappa shape index (κ1) is 49.9. The number of fused-ring (bicyclic) bond motifs is 2. The molecular formula is C41H36ClF10N7O5S2. The van der Waals surface area contributed by atoms with Crippen molar-refractivity contribution in [3.63, 3.8) is 0 Å². The maximum Gasteiger partial charge on any atom is 0.435 e. The number of carbonyl (C=O) groups excluding carboxylic acids is 2. The molecule has 25 heteroatoms. The molecule has 0 fully saturated rings. The SMILES string of the molecule is CCOC(=O)N(c1nn(CC(F)(F)F)c2c(-c3ccc(C#CC(C)(C)S(C)=O)nc3C(Cc3cc(F)cc(F)c3)NC(=O)Cn3nc(C(F)(F)F)c4c3C(F)(F)CC4)ccc(Cl)c12)S(C)=O. The van der Waals surface area contributed by atoms with Crippen LogP contribution in [0.1, 0.15) is 67.1 Å². The van der Waals surface area contributed by atoms with Gasteiger partial charge in [0.1, 0.15) is 51.8 Å². The standard InChI is InChI=1S/C41H36ClF10N7O5S2/c1-6-64-37(61)59(66(5)63)36-31-28(42)10-9-26(33(31)58(56-36)20-40(47,48)49)25-8-7-24(11-13-38(2,3)65(4)62)53-32(25)29(17-21-15-22(43)18-23(44)16-21)54-30(60)19-57-35-27(12-14-39(35,45)46)34(55-57)41(50,51)52/h7-10,15-16,18,29H,6,12,14,17,19-20H2,1-5H3,(H,54,60). The molecule has 5 aromatic rings. The summed E-state index contributed by atoms with van der Waals surface area (Å²) in [5.74, 6) is -2.37. The Morgan fingerprint density at radius 3 is 2.23 bits per heavy atom. The summed E-state index contributed by atoms with van der Waals surface area (Å²) in [6.07, 6.45) is -11.4. The molecule has 1 aliphatic rings. The number of nitrogens with zero attached hydrogens (tertiary/aromatic N) is 6. The second-order valence-corrected chi connectivity index (χ2v) is 18.9. The molecule has 3 heterocycles. The van der Waals surface area contributed by atoms with Gasteiger partial charge in [-0.15, -0.1) is 0 Å². The summed E-state index contributed by atoms with van der Waals surface area (Å²) in [6.45, 7) is 1.16. The maximum atomic E-state index is 15.1. The first-order valence-corrected chi connectivity index (χ1v) is 22.8. The zero-order valence-corrected chi connectivity index (χ0v) is 37.4. The number of aromatic nitrogens is 5. The molecule has 3 unspecified atom stereocenters. The normalized spacial score (nSPS) is 15.2. The summed E-state index contributed by atoms with van der Waals surface area (Å²) in [7, 11) is -3.87. The molecule has 1 N–H and O–H groups in total. The smallest absolute Gasteiger partial charge is 0.435 e. The number of ether oxygens (including phenoxy) is 1. The molecule has 12 nitrogen and oxygen atoms in total. The van der Waals surface area contributed by atoms with Gasteiger partial charge in [-0.3, -0.25) is 18.4 Å². The number of amides is 2. The van der Waals surface area contributed by atoms with E-state index in [0.717, 1.165) is 18.4 Å². The van der Waals surface area contributed by atoms with Crippen molar-refractivity contribution in [1.29, 1.82) is 0 Å². The number of pyridine rings is 1. The van der Waals surface area contributed by atoms with Gasteiger partial charge < -0.3 is 10.1 Å². The van der Waals surface area contributed by atoms with E-state index in [1.165, 1.54) is 37.4 Å². The monoisotopic (exact) mass is 995 g/mol. The van der Waals surface area contributed by atoms with E-state index in [9.17, 15) is 53.1 Å². The minimum absolute atomic E-state index is 0.124. The lowest BCUT2D eigenvalue weighted by atomic mass is 9.93. The molecule has 66 heavy (non-hydrogen) atoms. The number of rotatable bonds is 12. The molecule has 3 atom stereocenters. The molecule has 0 saturated heterocycles. The zero-order valence-electron chi connectivity index (χ0n) is 35.1. The van der Waals surface area contributed by atoms with Crippen LogP contribution in [-0.2, 0) is 69.3 Å². The van der Waals surface area contributed by atoms with Gasteiger partial charge in [-0.05, 0) is 75.4 Å². The number of nitrogens with one attached hydrogen (secondary N) is 1. The van der Waals surface area contributed by atoms with Crippen LogP contribution in [0.25, 0.3) is 22.0 Å². The number of carbonyl (C=O) groups is 2. The number of alkyl halides is 8. The summed E-state index contributed by atoms with van der Waals surface area (Å²) >= 11 is 6.62. The fraction of sp³-hybridized carbons (Fsp3) is 0.390. The van der Waals surface area contributed by atoms with Gasteiger partial charge in [0.25, 0.3) is 5.92 Å². The molecule has 354 valence electrons. The van der Waals surface area contributed by atoms with Crippen LogP contribution < -0.4 is 9.62 Å². The van der Waals surface area contributed by atoms with E-state index in [0.29, 0.717) is 15.1 Å². The average molecular weight is 996 g/mol. The first-order valence-electron chi connectivity index (χ1n) is 19.4. The lowest BCUT2D eigenvalue weighted by Crippen LogP contribution is -2.35. The Bertz CT molecular complexity index is 2830. The molecular weight excluding hydrogens is 960 g/mol. The summed E-state index contributed by atoms with van der Waals surface area (Å²) in [5, 5.41) is 9.16. The van der Waals surface area contributed by atoms with Crippen LogP contribution in [0, 0.1) is 23.5 Å². The topological polar surface area (TPSA) is 141 Å². The summed E-state index contributed by atoms with van der Waals surface area (Å²) < 4.78 is 175. The molecule has 3 aromatic heterocycles. The third-order valence-electron chi connectivity index (χ3n) is 10.1. The van der Waals surface area contributed by atoms with Crippen molar-refractivity contribution in [3.8, 4) is 23.0 Å². The van der Waals surface area contributed by atoms with Crippen molar-refractivity contribution in [2.75, 3.05) is 23.4 Å². The number of hydrogen-bond donors (Lipinski definition) is 1. The lowest BCUT2D eigenvalue weighted by molar-refractivity contribution is -0.142. The van der Waals surface area contributed by atoms with E-state index in [1.54, 1.807) is 13.8 Å². The van der Waals surface area contributed by atoms with Crippen molar-refractivity contribution >= 4 is 62.1 Å². The van der Waals surface area contributed by atoms with Gasteiger partial charge in [0.2, 0.25) is 5.91 Å². The van der Waals surface area contributed by atoms with Crippen LogP contribution in [0.5, 0.6) is 0 Å². The van der Waals surface area contributed by atoms with Crippen molar-refractivity contribution in [1.82, 2.24) is 29.9 Å². The highest BCUT2D eigenvalue weighted by Gasteiger charge is 2.50. The van der Waals surface area contributed by atoms with E-state index in [4.69, 9.17) is 16.3 Å². The Morgan fingerprint density at radius 1 is 0.985 bits per heavy atom. The highest BCUT2D eigenvalue weighted by molar-refractivity contribution is 7.86. The number of benzene rings is 2. The molecule has 0 aliphatic heterocycles. The zero-order chi connectivity index (χ0) is 48.8. The third-order valence-corrected chi connectivity index (χ3v) is 12.8. The Kier molecular flexibility index (Phi) is 14.1. The Hall–Kier alpha value is -5.54. The Morgan fingerprint density at radius 2 is 1.64 bits per heavy atom. The predicted octanol–water partition coefficient (Wildman–Crippen LogP) is 8.71. The third kappa shape index (κ3) is 10.7. The highest BCUT2D eigenvalue weighted by Crippen LogP contribution is 2.47. The van der Waals surface area contributed by atoms with E-state index < -0.39 is 135 Å². The van der Waals surface area contributed by atoms with Crippen LogP contribution in [0.4, 0.5) is 54.5 Å². The molecule has 0 bridgehead atoms. The molecule has 6 rings (SSSR count).